The Morgan fingerprint density at radius 2 is 2.16 bits per heavy atom. The van der Waals surface area contributed by atoms with E-state index < -0.39 is 17.9 Å². The van der Waals surface area contributed by atoms with Crippen molar-refractivity contribution < 1.29 is 23.9 Å². The van der Waals surface area contributed by atoms with Crippen LogP contribution in [0.4, 0.5) is 0 Å². The fraction of sp³-hybridized carbons (Fsp3) is 0.333. The lowest BCUT2D eigenvalue weighted by Gasteiger charge is -2.18. The average Bonchev–Trinajstić information content (AvgIpc) is 3.24. The molecular weight excluding hydrogens is 424 g/mol. The summed E-state index contributed by atoms with van der Waals surface area (Å²) in [5.41, 5.74) is 1.31. The van der Waals surface area contributed by atoms with Gasteiger partial charge in [0, 0.05) is 18.3 Å². The number of nitrogens with one attached hydrogen (secondary N) is 3. The van der Waals surface area contributed by atoms with Gasteiger partial charge >= 0.3 is 5.97 Å². The Hall–Kier alpha value is -3.33. The molecule has 0 unspecified atom stereocenters. The molecular formula is C21H25ClN4O5. The van der Waals surface area contributed by atoms with Gasteiger partial charge in [0.25, 0.3) is 0 Å². The second-order valence-corrected chi connectivity index (χ2v) is 6.87. The number of hydrogen-bond donors (Lipinski definition) is 3. The maximum atomic E-state index is 12.6. The van der Waals surface area contributed by atoms with Crippen LogP contribution in [0.3, 0.4) is 0 Å². The number of rotatable bonds is 12. The lowest BCUT2D eigenvalue weighted by Crippen LogP contribution is -2.49. The maximum absolute atomic E-state index is 12.6. The van der Waals surface area contributed by atoms with Gasteiger partial charge in [-0.15, -0.1) is 0 Å². The van der Waals surface area contributed by atoms with E-state index in [1.165, 1.54) is 6.33 Å². The monoisotopic (exact) mass is 448 g/mol. The van der Waals surface area contributed by atoms with E-state index in [2.05, 4.69) is 27.2 Å². The van der Waals surface area contributed by atoms with Crippen LogP contribution in [0.25, 0.3) is 0 Å². The summed E-state index contributed by atoms with van der Waals surface area (Å²) in [7, 11) is 0. The number of amides is 2. The van der Waals surface area contributed by atoms with Crippen molar-refractivity contribution in [2.24, 2.45) is 0 Å². The van der Waals surface area contributed by atoms with Crippen LogP contribution in [0.15, 0.2) is 43.4 Å². The van der Waals surface area contributed by atoms with E-state index in [-0.39, 0.29) is 31.9 Å². The highest BCUT2D eigenvalue weighted by molar-refractivity contribution is 6.32. The van der Waals surface area contributed by atoms with Gasteiger partial charge < -0.3 is 25.1 Å². The fourth-order valence-corrected chi connectivity index (χ4v) is 2.93. The topological polar surface area (TPSA) is 122 Å². The molecule has 0 spiro atoms. The van der Waals surface area contributed by atoms with E-state index in [9.17, 15) is 14.4 Å². The number of halogens is 1. The van der Waals surface area contributed by atoms with Gasteiger partial charge in [-0.05, 0) is 24.6 Å². The molecule has 0 radical (unpaired) electrons. The minimum absolute atomic E-state index is 0.00604. The van der Waals surface area contributed by atoms with E-state index in [0.29, 0.717) is 28.6 Å². The summed E-state index contributed by atoms with van der Waals surface area (Å²) >= 11 is 6.19. The minimum atomic E-state index is -0.909. The molecule has 1 aromatic carbocycles. The zero-order valence-corrected chi connectivity index (χ0v) is 17.9. The van der Waals surface area contributed by atoms with E-state index in [0.717, 1.165) is 0 Å². The molecule has 1 heterocycles. The third-order valence-electron chi connectivity index (χ3n) is 4.06. The number of carbonyl (C=O) groups excluding carboxylic acids is 3. The zero-order chi connectivity index (χ0) is 22.6. The Morgan fingerprint density at radius 1 is 1.35 bits per heavy atom. The number of hydrogen-bond acceptors (Lipinski definition) is 6. The molecule has 1 aromatic heterocycles. The van der Waals surface area contributed by atoms with Crippen molar-refractivity contribution in [2.45, 2.75) is 25.8 Å². The van der Waals surface area contributed by atoms with Gasteiger partial charge in [0.05, 0.1) is 24.4 Å². The molecule has 2 rings (SSSR count). The number of benzene rings is 1. The normalized spacial score (nSPS) is 11.3. The standard InChI is InChI=1S/C21H25ClN4O5/c1-3-7-31-18-6-5-14(8-16(18)22)9-19(27)26-17(10-15-11-23-13-25-15)21(29)24-12-20(28)30-4-2/h3,5-6,8,11,13,17H,1,4,7,9-10,12H2,2H3,(H,23,25)(H,24,29)(H,26,27)/t17-/m0/s1. The van der Waals surface area contributed by atoms with Crippen LogP contribution in [0, 0.1) is 0 Å². The number of esters is 1. The molecule has 2 amide bonds. The Bertz CT molecular complexity index is 901. The lowest BCUT2D eigenvalue weighted by atomic mass is 10.1. The molecule has 0 saturated heterocycles. The summed E-state index contributed by atoms with van der Waals surface area (Å²) < 4.78 is 10.2. The van der Waals surface area contributed by atoms with Crippen LogP contribution < -0.4 is 15.4 Å². The van der Waals surface area contributed by atoms with Crippen molar-refractivity contribution in [3.05, 3.63) is 59.7 Å². The van der Waals surface area contributed by atoms with Crippen molar-refractivity contribution in [1.82, 2.24) is 20.6 Å². The van der Waals surface area contributed by atoms with Gasteiger partial charge in [-0.2, -0.15) is 0 Å². The second kappa shape index (κ2) is 12.4. The molecule has 31 heavy (non-hydrogen) atoms. The Labute approximate surface area is 185 Å². The number of aromatic nitrogens is 2. The molecule has 0 fully saturated rings. The SMILES string of the molecule is C=CCOc1ccc(CC(=O)N[C@@H](Cc2cnc[nH]2)C(=O)NCC(=O)OCC)cc1Cl. The first-order valence-corrected chi connectivity index (χ1v) is 10.0. The summed E-state index contributed by atoms with van der Waals surface area (Å²) in [5.74, 6) is -0.967. The first-order chi connectivity index (χ1) is 14.9. The Morgan fingerprint density at radius 3 is 2.81 bits per heavy atom. The third-order valence-corrected chi connectivity index (χ3v) is 4.36. The van der Waals surface area contributed by atoms with Crippen molar-refractivity contribution >= 4 is 29.4 Å². The van der Waals surface area contributed by atoms with Gasteiger partial charge in [0.15, 0.2) is 0 Å². The van der Waals surface area contributed by atoms with Crippen molar-refractivity contribution in [3.8, 4) is 5.75 Å². The highest BCUT2D eigenvalue weighted by Gasteiger charge is 2.23. The molecule has 166 valence electrons. The van der Waals surface area contributed by atoms with Crippen LogP contribution >= 0.6 is 11.6 Å². The summed E-state index contributed by atoms with van der Waals surface area (Å²) in [6.07, 6.45) is 4.81. The number of aromatic amines is 1. The van der Waals surface area contributed by atoms with E-state index >= 15 is 0 Å². The maximum Gasteiger partial charge on any atom is 0.325 e. The number of imidazole rings is 1. The van der Waals surface area contributed by atoms with Crippen LogP contribution in [0.5, 0.6) is 5.75 Å². The molecule has 0 bridgehead atoms. The van der Waals surface area contributed by atoms with Gasteiger partial charge in [-0.3, -0.25) is 14.4 Å². The molecule has 0 aliphatic carbocycles. The van der Waals surface area contributed by atoms with Gasteiger partial charge in [0.2, 0.25) is 11.8 Å². The zero-order valence-electron chi connectivity index (χ0n) is 17.2. The molecule has 0 aliphatic heterocycles. The molecule has 0 aliphatic rings. The largest absolute Gasteiger partial charge is 0.488 e. The van der Waals surface area contributed by atoms with Crippen molar-refractivity contribution in [3.63, 3.8) is 0 Å². The van der Waals surface area contributed by atoms with Gasteiger partial charge in [-0.1, -0.05) is 30.3 Å². The summed E-state index contributed by atoms with van der Waals surface area (Å²) in [6, 6.07) is 4.11. The molecule has 10 heteroatoms. The van der Waals surface area contributed by atoms with E-state index in [4.69, 9.17) is 21.1 Å². The van der Waals surface area contributed by atoms with E-state index in [1.54, 1.807) is 37.4 Å². The minimum Gasteiger partial charge on any atom is -0.488 e. The quantitative estimate of drug-likeness (QED) is 0.334. The van der Waals surface area contributed by atoms with E-state index in [1.807, 2.05) is 0 Å². The van der Waals surface area contributed by atoms with Crippen LogP contribution in [-0.4, -0.2) is 53.6 Å². The third kappa shape index (κ3) is 8.13. The number of carbonyl (C=O) groups is 3. The molecule has 2 aromatic rings. The first-order valence-electron chi connectivity index (χ1n) is 9.65. The van der Waals surface area contributed by atoms with Crippen molar-refractivity contribution in [1.29, 1.82) is 0 Å². The summed E-state index contributed by atoms with van der Waals surface area (Å²) in [4.78, 5) is 43.4. The van der Waals surface area contributed by atoms with Gasteiger partial charge in [-0.25, -0.2) is 4.98 Å². The Kier molecular flexibility index (Phi) is 9.57. The van der Waals surface area contributed by atoms with Crippen LogP contribution in [-0.2, 0) is 32.0 Å². The lowest BCUT2D eigenvalue weighted by molar-refractivity contribution is -0.143. The highest BCUT2D eigenvalue weighted by atomic mass is 35.5. The van der Waals surface area contributed by atoms with Crippen LogP contribution in [0.1, 0.15) is 18.2 Å². The predicted molar refractivity (Wildman–Crippen MR) is 115 cm³/mol. The number of ether oxygens (including phenoxy) is 2. The summed E-state index contributed by atoms with van der Waals surface area (Å²) in [5, 5.41) is 5.53. The predicted octanol–water partition coefficient (Wildman–Crippen LogP) is 1.58. The van der Waals surface area contributed by atoms with Gasteiger partial charge in [0.1, 0.15) is 24.9 Å². The Balaban J connectivity index is 2.01. The second-order valence-electron chi connectivity index (χ2n) is 6.47. The first kappa shape index (κ1) is 23.9. The highest BCUT2D eigenvalue weighted by Crippen LogP contribution is 2.25. The van der Waals surface area contributed by atoms with Crippen LogP contribution in [0.2, 0.25) is 5.02 Å². The fourth-order valence-electron chi connectivity index (χ4n) is 2.67. The number of H-pyrrole nitrogens is 1. The molecule has 3 N–H and O–H groups in total. The number of nitrogens with zero attached hydrogens (tertiary/aromatic N) is 1. The summed E-state index contributed by atoms with van der Waals surface area (Å²) in [6.45, 7) is 5.49. The molecule has 1 atom stereocenters. The molecule has 9 nitrogen and oxygen atoms in total. The smallest absolute Gasteiger partial charge is 0.325 e. The molecule has 0 saturated carbocycles. The average molecular weight is 449 g/mol. The van der Waals surface area contributed by atoms with Crippen molar-refractivity contribution in [2.75, 3.05) is 19.8 Å².